The molecule has 0 saturated heterocycles. The normalized spacial score (nSPS) is 30.1. The first-order valence-electron chi connectivity index (χ1n) is 2.41. The Labute approximate surface area is 46.2 Å². The second-order valence-corrected chi connectivity index (χ2v) is 3.59. The van der Waals surface area contributed by atoms with Crippen LogP contribution in [-0.4, -0.2) is 17.1 Å². The molecule has 0 saturated carbocycles. The Morgan fingerprint density at radius 2 is 2.71 bits per heavy atom. The van der Waals surface area contributed by atoms with Crippen LogP contribution in [0.4, 0.5) is 0 Å². The molecule has 1 aliphatic rings. The topological polar surface area (TPSA) is 24.1 Å². The van der Waals surface area contributed by atoms with Crippen LogP contribution in [0.15, 0.2) is 0 Å². The second kappa shape index (κ2) is 2.45. The first-order chi connectivity index (χ1) is 3.43. The van der Waals surface area contributed by atoms with E-state index in [2.05, 4.69) is 23.3 Å². The molecule has 1 rings (SSSR count). The van der Waals surface area contributed by atoms with Crippen LogP contribution in [0.1, 0.15) is 6.92 Å². The van der Waals surface area contributed by atoms with E-state index in [1.165, 1.54) is 5.75 Å². The van der Waals surface area contributed by atoms with Gasteiger partial charge in [0, 0.05) is 5.49 Å². The fourth-order valence-corrected chi connectivity index (χ4v) is 1.46. The van der Waals surface area contributed by atoms with Crippen LogP contribution in [0.3, 0.4) is 0 Å². The van der Waals surface area contributed by atoms with Crippen molar-refractivity contribution >= 4 is 16.0 Å². The van der Waals surface area contributed by atoms with Gasteiger partial charge in [-0.3, -0.25) is 0 Å². The largest absolute Gasteiger partial charge is 0.244 e. The lowest BCUT2D eigenvalue weighted by Gasteiger charge is -1.91. The highest BCUT2D eigenvalue weighted by molar-refractivity contribution is 8.15. The summed E-state index contributed by atoms with van der Waals surface area (Å²) in [4.78, 5) is 0. The molecule has 1 atom stereocenters. The summed E-state index contributed by atoms with van der Waals surface area (Å²) in [5.74, 6) is 2.39. The van der Waals surface area contributed by atoms with E-state index in [4.69, 9.17) is 0 Å². The fourth-order valence-electron chi connectivity index (χ4n) is 0.486. The van der Waals surface area contributed by atoms with Gasteiger partial charge >= 0.3 is 0 Å². The third-order valence-electron chi connectivity index (χ3n) is 0.956. The monoisotopic (exact) mass is 118 g/mol. The lowest BCUT2D eigenvalue weighted by atomic mass is 11.0. The average molecular weight is 118 g/mol. The number of hydrogen-bond acceptors (Lipinski definition) is 2. The molecule has 0 aromatic heterocycles. The summed E-state index contributed by atoms with van der Waals surface area (Å²) in [7, 11) is 0.519. The lowest BCUT2D eigenvalue weighted by Crippen LogP contribution is -2.22. The average Bonchev–Trinajstić information content (AvgIpc) is 2.14. The van der Waals surface area contributed by atoms with Crippen LogP contribution >= 0.6 is 10.5 Å². The zero-order chi connectivity index (χ0) is 5.11. The van der Waals surface area contributed by atoms with Crippen molar-refractivity contribution in [2.45, 2.75) is 6.92 Å². The van der Waals surface area contributed by atoms with E-state index in [1.54, 1.807) is 0 Å². The summed E-state index contributed by atoms with van der Waals surface area (Å²) in [6.07, 6.45) is 0. The van der Waals surface area contributed by atoms with E-state index in [1.807, 2.05) is 0 Å². The van der Waals surface area contributed by atoms with Crippen LogP contribution < -0.4 is 10.9 Å². The molecule has 0 amide bonds. The number of hydrogen-bond donors (Lipinski definition) is 2. The third-order valence-corrected chi connectivity index (χ3v) is 2.66. The summed E-state index contributed by atoms with van der Waals surface area (Å²) in [5.41, 5.74) is 8.12. The van der Waals surface area contributed by atoms with Crippen LogP contribution in [0.5, 0.6) is 0 Å². The SMILES string of the molecule is CCS1=CNNC1. The zero-order valence-electron chi connectivity index (χ0n) is 4.40. The molecule has 0 aromatic rings. The molecule has 42 valence electrons. The van der Waals surface area contributed by atoms with Gasteiger partial charge in [0.05, 0.1) is 5.88 Å². The molecule has 1 aliphatic heterocycles. The highest BCUT2D eigenvalue weighted by Crippen LogP contribution is 2.08. The number of nitrogens with one attached hydrogen (secondary N) is 2. The standard InChI is InChI=1S/C4H10N2S/c1-2-7-3-5-6-4-7/h3,5-6H,2,4H2,1H3. The smallest absolute Gasteiger partial charge is 0.0521 e. The number of hydrazine groups is 1. The Morgan fingerprint density at radius 3 is 3.00 bits per heavy atom. The summed E-state index contributed by atoms with van der Waals surface area (Å²) < 4.78 is 0. The van der Waals surface area contributed by atoms with Crippen molar-refractivity contribution in [3.8, 4) is 0 Å². The molecule has 1 heterocycles. The van der Waals surface area contributed by atoms with E-state index in [9.17, 15) is 0 Å². The van der Waals surface area contributed by atoms with Crippen molar-refractivity contribution in [3.63, 3.8) is 0 Å². The molecule has 0 radical (unpaired) electrons. The molecular formula is C4H10N2S. The van der Waals surface area contributed by atoms with Gasteiger partial charge in [-0.1, -0.05) is 6.92 Å². The van der Waals surface area contributed by atoms with Gasteiger partial charge in [-0.15, -0.1) is 0 Å². The van der Waals surface area contributed by atoms with E-state index in [0.717, 1.165) is 5.88 Å². The molecule has 3 heteroatoms. The molecule has 0 aromatic carbocycles. The maximum absolute atomic E-state index is 3.03. The van der Waals surface area contributed by atoms with E-state index in [0.29, 0.717) is 10.5 Å². The molecule has 0 bridgehead atoms. The lowest BCUT2D eigenvalue weighted by molar-refractivity contribution is 0.779. The summed E-state index contributed by atoms with van der Waals surface area (Å²) >= 11 is 0. The predicted molar refractivity (Wildman–Crippen MR) is 35.3 cm³/mol. The maximum Gasteiger partial charge on any atom is 0.0521 e. The molecule has 7 heavy (non-hydrogen) atoms. The van der Waals surface area contributed by atoms with Crippen molar-refractivity contribution in [3.05, 3.63) is 0 Å². The van der Waals surface area contributed by atoms with Crippen molar-refractivity contribution in [2.75, 3.05) is 11.6 Å². The van der Waals surface area contributed by atoms with Gasteiger partial charge in [-0.25, -0.2) is 10.9 Å². The Bertz CT molecular complexity index is 89.7. The molecule has 0 spiro atoms. The second-order valence-electron chi connectivity index (χ2n) is 1.41. The van der Waals surface area contributed by atoms with Crippen LogP contribution in [0.2, 0.25) is 0 Å². The van der Waals surface area contributed by atoms with Gasteiger partial charge in [0.15, 0.2) is 0 Å². The molecule has 0 aliphatic carbocycles. The van der Waals surface area contributed by atoms with Gasteiger partial charge in [-0.05, 0) is 5.75 Å². The van der Waals surface area contributed by atoms with Gasteiger partial charge in [0.25, 0.3) is 0 Å². The van der Waals surface area contributed by atoms with Gasteiger partial charge < -0.3 is 0 Å². The molecular weight excluding hydrogens is 108 g/mol. The quantitative estimate of drug-likeness (QED) is 0.477. The Balaban J connectivity index is 2.36. The van der Waals surface area contributed by atoms with E-state index < -0.39 is 0 Å². The van der Waals surface area contributed by atoms with Crippen molar-refractivity contribution in [1.82, 2.24) is 10.9 Å². The van der Waals surface area contributed by atoms with Crippen LogP contribution in [0, 0.1) is 0 Å². The Hall–Kier alpha value is 0.140. The molecule has 2 N–H and O–H groups in total. The van der Waals surface area contributed by atoms with Crippen molar-refractivity contribution < 1.29 is 0 Å². The summed E-state index contributed by atoms with van der Waals surface area (Å²) in [5, 5.41) is 0. The highest BCUT2D eigenvalue weighted by atomic mass is 32.2. The van der Waals surface area contributed by atoms with E-state index in [-0.39, 0.29) is 0 Å². The van der Waals surface area contributed by atoms with Crippen LogP contribution in [0.25, 0.3) is 0 Å². The van der Waals surface area contributed by atoms with Crippen molar-refractivity contribution in [2.24, 2.45) is 0 Å². The maximum atomic E-state index is 3.03. The first kappa shape index (κ1) is 5.28. The van der Waals surface area contributed by atoms with Crippen LogP contribution in [-0.2, 0) is 0 Å². The molecule has 0 fully saturated rings. The predicted octanol–water partition coefficient (Wildman–Crippen LogP) is 0.100. The Kier molecular flexibility index (Phi) is 1.85. The fraction of sp³-hybridized carbons (Fsp3) is 0.750. The molecule has 2 nitrogen and oxygen atoms in total. The molecule has 1 unspecified atom stereocenters. The van der Waals surface area contributed by atoms with E-state index >= 15 is 0 Å². The summed E-state index contributed by atoms with van der Waals surface area (Å²) in [6.45, 7) is 2.20. The van der Waals surface area contributed by atoms with Gasteiger partial charge in [-0.2, -0.15) is 10.5 Å². The minimum Gasteiger partial charge on any atom is -0.244 e. The zero-order valence-corrected chi connectivity index (χ0v) is 5.22. The minimum atomic E-state index is 0.519. The van der Waals surface area contributed by atoms with Crippen molar-refractivity contribution in [1.29, 1.82) is 0 Å². The highest BCUT2D eigenvalue weighted by Gasteiger charge is 1.94. The van der Waals surface area contributed by atoms with Gasteiger partial charge in [0.1, 0.15) is 0 Å². The first-order valence-corrected chi connectivity index (χ1v) is 4.04. The third kappa shape index (κ3) is 1.26. The van der Waals surface area contributed by atoms with Gasteiger partial charge in [0.2, 0.25) is 0 Å². The number of rotatable bonds is 1. The minimum absolute atomic E-state index is 0.519. The summed E-state index contributed by atoms with van der Waals surface area (Å²) in [6, 6.07) is 0. The Morgan fingerprint density at radius 1 is 1.86 bits per heavy atom.